The summed E-state index contributed by atoms with van der Waals surface area (Å²) in [6, 6.07) is 2.85. The molecule has 1 rings (SSSR count). The van der Waals surface area contributed by atoms with E-state index >= 15 is 0 Å². The molecule has 88 valence electrons. The smallest absolute Gasteiger partial charge is 0.328 e. The van der Waals surface area contributed by atoms with Gasteiger partial charge in [-0.15, -0.1) is 11.3 Å². The fourth-order valence-electron chi connectivity index (χ4n) is 1.03. The Morgan fingerprint density at radius 1 is 1.56 bits per heavy atom. The lowest BCUT2D eigenvalue weighted by Gasteiger charge is -2.11. The molecule has 0 fully saturated rings. The van der Waals surface area contributed by atoms with Crippen molar-refractivity contribution in [2.24, 2.45) is 0 Å². The molecule has 0 aromatic carbocycles. The molecule has 0 bridgehead atoms. The van der Waals surface area contributed by atoms with Gasteiger partial charge in [0.25, 0.3) is 5.91 Å². The van der Waals surface area contributed by atoms with Crippen molar-refractivity contribution in [1.82, 2.24) is 5.32 Å². The third-order valence-corrected chi connectivity index (χ3v) is 3.41. The Morgan fingerprint density at radius 2 is 2.25 bits per heavy atom. The highest BCUT2D eigenvalue weighted by molar-refractivity contribution is 9.11. The van der Waals surface area contributed by atoms with Crippen molar-refractivity contribution < 1.29 is 14.3 Å². The lowest BCUT2D eigenvalue weighted by Crippen LogP contribution is -2.39. The average molecular weight is 306 g/mol. The number of carbonyl (C=O) groups excluding carboxylic acids is 2. The van der Waals surface area contributed by atoms with Crippen LogP contribution in [0.2, 0.25) is 0 Å². The topological polar surface area (TPSA) is 55.4 Å². The van der Waals surface area contributed by atoms with Gasteiger partial charge in [0, 0.05) is 0 Å². The largest absolute Gasteiger partial charge is 0.464 e. The first-order valence-corrected chi connectivity index (χ1v) is 6.38. The summed E-state index contributed by atoms with van der Waals surface area (Å²) in [5, 5.41) is 2.57. The number of nitrogens with one attached hydrogen (secondary N) is 1. The quantitative estimate of drug-likeness (QED) is 0.868. The van der Waals surface area contributed by atoms with E-state index in [1.165, 1.54) is 11.3 Å². The molecular formula is C10H12BrNO3S. The fourth-order valence-corrected chi connectivity index (χ4v) is 2.32. The van der Waals surface area contributed by atoms with E-state index in [0.717, 1.165) is 3.79 Å². The van der Waals surface area contributed by atoms with Crippen molar-refractivity contribution in [1.29, 1.82) is 0 Å². The van der Waals surface area contributed by atoms with Crippen molar-refractivity contribution in [2.75, 3.05) is 6.61 Å². The zero-order valence-electron chi connectivity index (χ0n) is 8.95. The molecule has 6 heteroatoms. The van der Waals surface area contributed by atoms with Crippen molar-refractivity contribution in [2.45, 2.75) is 19.9 Å². The molecule has 1 amide bonds. The number of hydrogen-bond donors (Lipinski definition) is 1. The normalized spacial score (nSPS) is 11.9. The second kappa shape index (κ2) is 6.00. The molecule has 1 unspecified atom stereocenters. The first kappa shape index (κ1) is 13.2. The summed E-state index contributed by atoms with van der Waals surface area (Å²) < 4.78 is 5.66. The monoisotopic (exact) mass is 305 g/mol. The van der Waals surface area contributed by atoms with Gasteiger partial charge in [0.05, 0.1) is 15.3 Å². The highest BCUT2D eigenvalue weighted by atomic mass is 79.9. The van der Waals surface area contributed by atoms with E-state index in [1.54, 1.807) is 26.0 Å². The predicted octanol–water partition coefficient (Wildman–Crippen LogP) is 2.19. The van der Waals surface area contributed by atoms with Crippen LogP contribution in [0.4, 0.5) is 0 Å². The zero-order chi connectivity index (χ0) is 12.1. The van der Waals surface area contributed by atoms with Crippen LogP contribution in [0.5, 0.6) is 0 Å². The summed E-state index contributed by atoms with van der Waals surface area (Å²) in [7, 11) is 0. The molecule has 0 spiro atoms. The molecule has 4 nitrogen and oxygen atoms in total. The summed E-state index contributed by atoms with van der Waals surface area (Å²) in [5.41, 5.74) is 0. The average Bonchev–Trinajstić information content (AvgIpc) is 2.65. The van der Waals surface area contributed by atoms with Crippen LogP contribution < -0.4 is 5.32 Å². The number of esters is 1. The Bertz CT molecular complexity index is 391. The zero-order valence-corrected chi connectivity index (χ0v) is 11.4. The first-order chi connectivity index (χ1) is 7.54. The van der Waals surface area contributed by atoms with E-state index < -0.39 is 12.0 Å². The van der Waals surface area contributed by atoms with E-state index in [0.29, 0.717) is 11.5 Å². The second-order valence-electron chi connectivity index (χ2n) is 3.05. The Kier molecular flexibility index (Phi) is 4.95. The van der Waals surface area contributed by atoms with Crippen LogP contribution in [-0.4, -0.2) is 24.5 Å². The summed E-state index contributed by atoms with van der Waals surface area (Å²) in [6.07, 6.45) is 0. The van der Waals surface area contributed by atoms with Gasteiger partial charge in [-0.2, -0.15) is 0 Å². The van der Waals surface area contributed by atoms with Crippen LogP contribution in [0.3, 0.4) is 0 Å². The third-order valence-electron chi connectivity index (χ3n) is 1.78. The molecule has 1 aromatic heterocycles. The van der Waals surface area contributed by atoms with Crippen LogP contribution in [0, 0.1) is 0 Å². The number of rotatable bonds is 4. The van der Waals surface area contributed by atoms with E-state index in [1.807, 2.05) is 0 Å². The third kappa shape index (κ3) is 3.61. The standard InChI is InChI=1S/C10H12BrNO3S/c1-3-15-10(14)6(2)12-9(13)7-4-5-8(11)16-7/h4-6H,3H2,1-2H3,(H,12,13). The molecule has 0 saturated heterocycles. The number of carbonyl (C=O) groups is 2. The van der Waals surface area contributed by atoms with Crippen LogP contribution in [0.25, 0.3) is 0 Å². The van der Waals surface area contributed by atoms with Crippen LogP contribution >= 0.6 is 27.3 Å². The minimum absolute atomic E-state index is 0.267. The van der Waals surface area contributed by atoms with Gasteiger partial charge in [-0.25, -0.2) is 4.79 Å². The molecule has 1 heterocycles. The van der Waals surface area contributed by atoms with Crippen molar-refractivity contribution in [3.8, 4) is 0 Å². The summed E-state index contributed by atoms with van der Waals surface area (Å²) in [5.74, 6) is -0.692. The van der Waals surface area contributed by atoms with Gasteiger partial charge in [-0.05, 0) is 41.9 Å². The lowest BCUT2D eigenvalue weighted by atomic mass is 10.3. The minimum Gasteiger partial charge on any atom is -0.464 e. The number of ether oxygens (including phenoxy) is 1. The maximum absolute atomic E-state index is 11.6. The molecular weight excluding hydrogens is 294 g/mol. The molecule has 16 heavy (non-hydrogen) atoms. The number of amides is 1. The SMILES string of the molecule is CCOC(=O)C(C)NC(=O)c1ccc(Br)s1. The van der Waals surface area contributed by atoms with Gasteiger partial charge in [-0.3, -0.25) is 4.79 Å². The Labute approximate surface area is 106 Å². The van der Waals surface area contributed by atoms with Crippen molar-refractivity contribution in [3.05, 3.63) is 20.8 Å². The number of halogens is 1. The highest BCUT2D eigenvalue weighted by Gasteiger charge is 2.18. The van der Waals surface area contributed by atoms with E-state index in [4.69, 9.17) is 4.74 Å². The molecule has 0 aliphatic heterocycles. The number of hydrogen-bond acceptors (Lipinski definition) is 4. The minimum atomic E-state index is -0.631. The van der Waals surface area contributed by atoms with Gasteiger partial charge in [0.1, 0.15) is 6.04 Å². The molecule has 1 aromatic rings. The second-order valence-corrected chi connectivity index (χ2v) is 5.51. The van der Waals surface area contributed by atoms with Crippen LogP contribution in [0.1, 0.15) is 23.5 Å². The molecule has 0 aliphatic rings. The summed E-state index contributed by atoms with van der Waals surface area (Å²) >= 11 is 4.58. The molecule has 1 atom stereocenters. The number of thiophene rings is 1. The van der Waals surface area contributed by atoms with E-state index in [-0.39, 0.29) is 5.91 Å². The van der Waals surface area contributed by atoms with Crippen molar-refractivity contribution >= 4 is 39.1 Å². The van der Waals surface area contributed by atoms with E-state index in [9.17, 15) is 9.59 Å². The van der Waals surface area contributed by atoms with Gasteiger partial charge in [0.2, 0.25) is 0 Å². The van der Waals surface area contributed by atoms with Gasteiger partial charge in [-0.1, -0.05) is 0 Å². The maximum Gasteiger partial charge on any atom is 0.328 e. The first-order valence-electron chi connectivity index (χ1n) is 4.77. The van der Waals surface area contributed by atoms with Crippen molar-refractivity contribution in [3.63, 3.8) is 0 Å². The van der Waals surface area contributed by atoms with Crippen LogP contribution in [-0.2, 0) is 9.53 Å². The van der Waals surface area contributed by atoms with Crippen LogP contribution in [0.15, 0.2) is 15.9 Å². The molecule has 0 radical (unpaired) electrons. The molecule has 0 saturated carbocycles. The molecule has 1 N–H and O–H groups in total. The Morgan fingerprint density at radius 3 is 2.75 bits per heavy atom. The lowest BCUT2D eigenvalue weighted by molar-refractivity contribution is -0.144. The van der Waals surface area contributed by atoms with Gasteiger partial charge < -0.3 is 10.1 Å². The highest BCUT2D eigenvalue weighted by Crippen LogP contribution is 2.21. The van der Waals surface area contributed by atoms with E-state index in [2.05, 4.69) is 21.2 Å². The maximum atomic E-state index is 11.6. The summed E-state index contributed by atoms with van der Waals surface area (Å²) in [6.45, 7) is 3.63. The summed E-state index contributed by atoms with van der Waals surface area (Å²) in [4.78, 5) is 23.5. The van der Waals surface area contributed by atoms with Gasteiger partial charge in [0.15, 0.2) is 0 Å². The molecule has 0 aliphatic carbocycles. The van der Waals surface area contributed by atoms with Gasteiger partial charge >= 0.3 is 5.97 Å². The Hall–Kier alpha value is -0.880. The Balaban J connectivity index is 2.54. The fraction of sp³-hybridized carbons (Fsp3) is 0.400. The predicted molar refractivity (Wildman–Crippen MR) is 65.6 cm³/mol.